The van der Waals surface area contributed by atoms with E-state index in [-0.39, 0.29) is 24.5 Å². The summed E-state index contributed by atoms with van der Waals surface area (Å²) in [5.41, 5.74) is 2.16. The van der Waals surface area contributed by atoms with E-state index in [9.17, 15) is 9.90 Å². The zero-order valence-electron chi connectivity index (χ0n) is 11.8. The van der Waals surface area contributed by atoms with Crippen molar-refractivity contribution in [1.29, 1.82) is 0 Å². The van der Waals surface area contributed by atoms with E-state index in [1.165, 1.54) is 5.56 Å². The Balaban J connectivity index is 1.62. The third-order valence-corrected chi connectivity index (χ3v) is 4.06. The molecule has 1 aliphatic carbocycles. The van der Waals surface area contributed by atoms with Gasteiger partial charge in [-0.3, -0.25) is 4.79 Å². The minimum atomic E-state index is -0.323. The molecule has 3 rings (SSSR count). The molecule has 21 heavy (non-hydrogen) atoms. The van der Waals surface area contributed by atoms with Gasteiger partial charge in [0, 0.05) is 5.92 Å². The van der Waals surface area contributed by atoms with E-state index < -0.39 is 0 Å². The molecule has 0 radical (unpaired) electrons. The SMILES string of the molecule is O=C(NC(CO)c1ccccc1)C1CC1c1ccccc1. The van der Waals surface area contributed by atoms with Gasteiger partial charge in [0.2, 0.25) is 5.91 Å². The monoisotopic (exact) mass is 281 g/mol. The van der Waals surface area contributed by atoms with Crippen molar-refractivity contribution in [2.24, 2.45) is 5.92 Å². The highest BCUT2D eigenvalue weighted by atomic mass is 16.3. The van der Waals surface area contributed by atoms with Gasteiger partial charge in [-0.15, -0.1) is 0 Å². The smallest absolute Gasteiger partial charge is 0.224 e. The molecule has 2 aromatic carbocycles. The molecule has 0 aliphatic heterocycles. The number of benzene rings is 2. The van der Waals surface area contributed by atoms with Crippen LogP contribution in [0.25, 0.3) is 0 Å². The number of aliphatic hydroxyl groups excluding tert-OH is 1. The Morgan fingerprint density at radius 3 is 2.33 bits per heavy atom. The molecule has 1 fully saturated rings. The molecule has 3 nitrogen and oxygen atoms in total. The van der Waals surface area contributed by atoms with Crippen LogP contribution in [0.15, 0.2) is 60.7 Å². The van der Waals surface area contributed by atoms with Crippen LogP contribution in [0, 0.1) is 5.92 Å². The molecule has 2 N–H and O–H groups in total. The van der Waals surface area contributed by atoms with E-state index in [4.69, 9.17) is 0 Å². The molecule has 3 heteroatoms. The summed E-state index contributed by atoms with van der Waals surface area (Å²) in [6.07, 6.45) is 0.892. The predicted octanol–water partition coefficient (Wildman–Crippen LogP) is 2.64. The summed E-state index contributed by atoms with van der Waals surface area (Å²) in [4.78, 5) is 12.3. The second-order valence-electron chi connectivity index (χ2n) is 5.51. The lowest BCUT2D eigenvalue weighted by Gasteiger charge is -2.16. The van der Waals surface area contributed by atoms with Gasteiger partial charge < -0.3 is 10.4 Å². The summed E-state index contributed by atoms with van der Waals surface area (Å²) in [6, 6.07) is 19.4. The third kappa shape index (κ3) is 3.14. The van der Waals surface area contributed by atoms with E-state index in [1.807, 2.05) is 48.5 Å². The Labute approximate surface area is 124 Å². The summed E-state index contributed by atoms with van der Waals surface area (Å²) in [5.74, 6) is 0.387. The maximum Gasteiger partial charge on any atom is 0.224 e. The summed E-state index contributed by atoms with van der Waals surface area (Å²) in [6.45, 7) is -0.0848. The topological polar surface area (TPSA) is 49.3 Å². The number of nitrogens with one attached hydrogen (secondary N) is 1. The zero-order valence-corrected chi connectivity index (χ0v) is 11.8. The first-order valence-corrected chi connectivity index (χ1v) is 7.30. The Kier molecular flexibility index (Phi) is 4.02. The molecule has 0 bridgehead atoms. The van der Waals surface area contributed by atoms with Crippen LogP contribution in [0.4, 0.5) is 0 Å². The maximum atomic E-state index is 12.3. The van der Waals surface area contributed by atoms with Crippen molar-refractivity contribution in [2.45, 2.75) is 18.4 Å². The van der Waals surface area contributed by atoms with E-state index in [1.54, 1.807) is 0 Å². The summed E-state index contributed by atoms with van der Waals surface area (Å²) < 4.78 is 0. The predicted molar refractivity (Wildman–Crippen MR) is 81.7 cm³/mol. The van der Waals surface area contributed by atoms with Gasteiger partial charge >= 0.3 is 0 Å². The van der Waals surface area contributed by atoms with Gasteiger partial charge in [0.25, 0.3) is 0 Å². The molecule has 3 atom stereocenters. The number of carbonyl (C=O) groups excluding carboxylic acids is 1. The standard InChI is InChI=1S/C18H19NO2/c20-12-17(14-9-5-2-6-10-14)19-18(21)16-11-15(16)13-7-3-1-4-8-13/h1-10,15-17,20H,11-12H2,(H,19,21). The van der Waals surface area contributed by atoms with Gasteiger partial charge in [0.15, 0.2) is 0 Å². The summed E-state index contributed by atoms with van der Waals surface area (Å²) >= 11 is 0. The van der Waals surface area contributed by atoms with Gasteiger partial charge in [0.1, 0.15) is 0 Å². The normalized spacial score (nSPS) is 21.6. The fourth-order valence-corrected chi connectivity index (χ4v) is 2.75. The average molecular weight is 281 g/mol. The number of hydrogen-bond acceptors (Lipinski definition) is 2. The molecule has 108 valence electrons. The van der Waals surface area contributed by atoms with Crippen molar-refractivity contribution in [3.63, 3.8) is 0 Å². The molecular formula is C18H19NO2. The van der Waals surface area contributed by atoms with Crippen LogP contribution in [0.3, 0.4) is 0 Å². The van der Waals surface area contributed by atoms with Crippen molar-refractivity contribution >= 4 is 5.91 Å². The Hall–Kier alpha value is -2.13. The zero-order chi connectivity index (χ0) is 14.7. The molecule has 1 aliphatic rings. The number of rotatable bonds is 5. The number of amides is 1. The fourth-order valence-electron chi connectivity index (χ4n) is 2.75. The second-order valence-corrected chi connectivity index (χ2v) is 5.51. The van der Waals surface area contributed by atoms with Crippen molar-refractivity contribution in [3.05, 3.63) is 71.8 Å². The lowest BCUT2D eigenvalue weighted by atomic mass is 10.1. The molecule has 0 heterocycles. The van der Waals surface area contributed by atoms with Crippen molar-refractivity contribution in [1.82, 2.24) is 5.32 Å². The van der Waals surface area contributed by atoms with Crippen molar-refractivity contribution < 1.29 is 9.90 Å². The molecule has 0 saturated heterocycles. The quantitative estimate of drug-likeness (QED) is 0.885. The van der Waals surface area contributed by atoms with Crippen LogP contribution in [0.5, 0.6) is 0 Å². The second kappa shape index (κ2) is 6.10. The maximum absolute atomic E-state index is 12.3. The lowest BCUT2D eigenvalue weighted by molar-refractivity contribution is -0.123. The van der Waals surface area contributed by atoms with Crippen LogP contribution in [0.2, 0.25) is 0 Å². The highest BCUT2D eigenvalue weighted by Crippen LogP contribution is 2.47. The highest BCUT2D eigenvalue weighted by Gasteiger charge is 2.44. The summed E-state index contributed by atoms with van der Waals surface area (Å²) in [7, 11) is 0. The van der Waals surface area contributed by atoms with Gasteiger partial charge in [-0.05, 0) is 23.5 Å². The van der Waals surface area contributed by atoms with Crippen molar-refractivity contribution in [2.75, 3.05) is 6.61 Å². The van der Waals surface area contributed by atoms with Crippen LogP contribution in [0.1, 0.15) is 29.5 Å². The number of hydrogen-bond donors (Lipinski definition) is 2. The van der Waals surface area contributed by atoms with Gasteiger partial charge in [0.05, 0.1) is 12.6 Å². The molecular weight excluding hydrogens is 262 g/mol. The van der Waals surface area contributed by atoms with Crippen LogP contribution >= 0.6 is 0 Å². The number of carbonyl (C=O) groups is 1. The van der Waals surface area contributed by atoms with E-state index in [0.29, 0.717) is 5.92 Å². The van der Waals surface area contributed by atoms with Gasteiger partial charge in [-0.25, -0.2) is 0 Å². The summed E-state index contributed by atoms with van der Waals surface area (Å²) in [5, 5.41) is 12.5. The first-order valence-electron chi connectivity index (χ1n) is 7.30. The van der Waals surface area contributed by atoms with E-state index >= 15 is 0 Å². The molecule has 1 saturated carbocycles. The third-order valence-electron chi connectivity index (χ3n) is 4.06. The van der Waals surface area contributed by atoms with Crippen molar-refractivity contribution in [3.8, 4) is 0 Å². The molecule has 1 amide bonds. The van der Waals surface area contributed by atoms with Crippen LogP contribution in [-0.4, -0.2) is 17.6 Å². The largest absolute Gasteiger partial charge is 0.394 e. The Bertz CT molecular complexity index is 597. The Morgan fingerprint density at radius 1 is 1.10 bits per heavy atom. The highest BCUT2D eigenvalue weighted by molar-refractivity contribution is 5.83. The molecule has 0 spiro atoms. The molecule has 3 unspecified atom stereocenters. The number of aliphatic hydroxyl groups is 1. The average Bonchev–Trinajstić information content (AvgIpc) is 3.35. The molecule has 2 aromatic rings. The van der Waals surface area contributed by atoms with E-state index in [2.05, 4.69) is 17.4 Å². The lowest BCUT2D eigenvalue weighted by Crippen LogP contribution is -2.32. The fraction of sp³-hybridized carbons (Fsp3) is 0.278. The first kappa shape index (κ1) is 13.8. The Morgan fingerprint density at radius 2 is 1.71 bits per heavy atom. The van der Waals surface area contributed by atoms with Crippen LogP contribution < -0.4 is 5.32 Å². The van der Waals surface area contributed by atoms with Gasteiger partial charge in [-0.2, -0.15) is 0 Å². The van der Waals surface area contributed by atoms with E-state index in [0.717, 1.165) is 12.0 Å². The van der Waals surface area contributed by atoms with Crippen LogP contribution in [-0.2, 0) is 4.79 Å². The first-order chi connectivity index (χ1) is 10.3. The molecule has 0 aromatic heterocycles. The minimum Gasteiger partial charge on any atom is -0.394 e. The van der Waals surface area contributed by atoms with Gasteiger partial charge in [-0.1, -0.05) is 60.7 Å². The minimum absolute atomic E-state index is 0.0326.